The molecule has 0 aliphatic rings. The molecule has 0 N–H and O–H groups in total. The molecule has 0 aliphatic heterocycles. The standard InChI is InChI=1S/C12H16O3/c1-4-14-10(3)12(13)15-11-7-5-9(2)6-8-11/h5-8,10H,4H2,1-3H3. The highest BCUT2D eigenvalue weighted by molar-refractivity contribution is 5.76. The van der Waals surface area contributed by atoms with Gasteiger partial charge in [0.1, 0.15) is 5.75 Å². The smallest absolute Gasteiger partial charge is 0.340 e. The maximum Gasteiger partial charge on any atom is 0.340 e. The van der Waals surface area contributed by atoms with Gasteiger partial charge in [0.15, 0.2) is 6.10 Å². The molecule has 0 bridgehead atoms. The fourth-order valence-corrected chi connectivity index (χ4v) is 1.12. The molecule has 1 atom stereocenters. The summed E-state index contributed by atoms with van der Waals surface area (Å²) in [5.74, 6) is 0.192. The second-order valence-corrected chi connectivity index (χ2v) is 3.33. The van der Waals surface area contributed by atoms with E-state index in [-0.39, 0.29) is 5.97 Å². The first-order valence-electron chi connectivity index (χ1n) is 5.03. The van der Waals surface area contributed by atoms with Crippen molar-refractivity contribution < 1.29 is 14.3 Å². The summed E-state index contributed by atoms with van der Waals surface area (Å²) in [6.07, 6.45) is -0.517. The van der Waals surface area contributed by atoms with Crippen LogP contribution < -0.4 is 4.74 Å². The summed E-state index contributed by atoms with van der Waals surface area (Å²) in [5.41, 5.74) is 1.13. The summed E-state index contributed by atoms with van der Waals surface area (Å²) in [5, 5.41) is 0. The lowest BCUT2D eigenvalue weighted by molar-refractivity contribution is -0.145. The molecule has 0 fully saturated rings. The Hall–Kier alpha value is -1.35. The quantitative estimate of drug-likeness (QED) is 0.562. The maximum absolute atomic E-state index is 11.4. The van der Waals surface area contributed by atoms with Gasteiger partial charge in [0.25, 0.3) is 0 Å². The molecule has 0 amide bonds. The van der Waals surface area contributed by atoms with Crippen LogP contribution in [0.25, 0.3) is 0 Å². The van der Waals surface area contributed by atoms with Gasteiger partial charge in [-0.15, -0.1) is 0 Å². The minimum Gasteiger partial charge on any atom is -0.425 e. The van der Waals surface area contributed by atoms with Crippen molar-refractivity contribution in [2.24, 2.45) is 0 Å². The van der Waals surface area contributed by atoms with Crippen LogP contribution in [0.5, 0.6) is 5.75 Å². The highest BCUT2D eigenvalue weighted by atomic mass is 16.6. The Bertz CT molecular complexity index is 316. The molecule has 1 aromatic rings. The highest BCUT2D eigenvalue weighted by Gasteiger charge is 2.14. The molecule has 1 aromatic carbocycles. The van der Waals surface area contributed by atoms with Gasteiger partial charge in [-0.2, -0.15) is 0 Å². The zero-order valence-corrected chi connectivity index (χ0v) is 9.32. The Balaban J connectivity index is 2.54. The van der Waals surface area contributed by atoms with Gasteiger partial charge in [-0.1, -0.05) is 17.7 Å². The van der Waals surface area contributed by atoms with E-state index in [0.29, 0.717) is 12.4 Å². The SMILES string of the molecule is CCOC(C)C(=O)Oc1ccc(C)cc1. The van der Waals surface area contributed by atoms with Crippen molar-refractivity contribution in [3.63, 3.8) is 0 Å². The summed E-state index contributed by atoms with van der Waals surface area (Å²) in [6.45, 7) is 6.01. The van der Waals surface area contributed by atoms with E-state index in [9.17, 15) is 4.79 Å². The average Bonchev–Trinajstić information content (AvgIpc) is 2.22. The number of carbonyl (C=O) groups is 1. The van der Waals surface area contributed by atoms with Gasteiger partial charge in [-0.05, 0) is 32.9 Å². The lowest BCUT2D eigenvalue weighted by atomic mass is 10.2. The molecule has 1 unspecified atom stereocenters. The normalized spacial score (nSPS) is 12.2. The summed E-state index contributed by atoms with van der Waals surface area (Å²) < 4.78 is 10.2. The van der Waals surface area contributed by atoms with Crippen molar-refractivity contribution in [2.45, 2.75) is 26.9 Å². The summed E-state index contributed by atoms with van der Waals surface area (Å²) in [6, 6.07) is 7.33. The van der Waals surface area contributed by atoms with Crippen molar-refractivity contribution in [1.82, 2.24) is 0 Å². The molecule has 0 saturated carbocycles. The first kappa shape index (κ1) is 11.7. The zero-order valence-electron chi connectivity index (χ0n) is 9.32. The van der Waals surface area contributed by atoms with Crippen molar-refractivity contribution >= 4 is 5.97 Å². The summed E-state index contributed by atoms with van der Waals surface area (Å²) >= 11 is 0. The predicted octanol–water partition coefficient (Wildman–Crippen LogP) is 2.33. The Kier molecular flexibility index (Phi) is 4.31. The van der Waals surface area contributed by atoms with Crippen LogP contribution in [0.3, 0.4) is 0 Å². The molecule has 1 rings (SSSR count). The van der Waals surface area contributed by atoms with Crippen LogP contribution in [-0.4, -0.2) is 18.7 Å². The third-order valence-electron chi connectivity index (χ3n) is 1.99. The lowest BCUT2D eigenvalue weighted by Crippen LogP contribution is -2.25. The molecule has 0 aliphatic carbocycles. The maximum atomic E-state index is 11.4. The Morgan fingerprint density at radius 2 is 1.93 bits per heavy atom. The van der Waals surface area contributed by atoms with Gasteiger partial charge >= 0.3 is 5.97 Å². The van der Waals surface area contributed by atoms with E-state index in [2.05, 4.69) is 0 Å². The van der Waals surface area contributed by atoms with Gasteiger partial charge in [0.05, 0.1) is 0 Å². The van der Waals surface area contributed by atoms with Crippen LogP contribution in [0, 0.1) is 6.92 Å². The lowest BCUT2D eigenvalue weighted by Gasteiger charge is -2.10. The molecular weight excluding hydrogens is 192 g/mol. The van der Waals surface area contributed by atoms with Crippen LogP contribution in [0.1, 0.15) is 19.4 Å². The number of rotatable bonds is 4. The van der Waals surface area contributed by atoms with Crippen LogP contribution in [0.15, 0.2) is 24.3 Å². The third-order valence-corrected chi connectivity index (χ3v) is 1.99. The molecule has 3 heteroatoms. The van der Waals surface area contributed by atoms with Crippen molar-refractivity contribution in [1.29, 1.82) is 0 Å². The fraction of sp³-hybridized carbons (Fsp3) is 0.417. The Labute approximate surface area is 90.0 Å². The van der Waals surface area contributed by atoms with Crippen LogP contribution in [0.2, 0.25) is 0 Å². The molecule has 82 valence electrons. The van der Waals surface area contributed by atoms with Gasteiger partial charge in [-0.25, -0.2) is 4.79 Å². The molecular formula is C12H16O3. The van der Waals surface area contributed by atoms with E-state index in [1.54, 1.807) is 19.1 Å². The van der Waals surface area contributed by atoms with Gasteiger partial charge in [-0.3, -0.25) is 0 Å². The number of esters is 1. The molecule has 0 aromatic heterocycles. The van der Waals surface area contributed by atoms with Gasteiger partial charge in [0.2, 0.25) is 0 Å². The molecule has 0 radical (unpaired) electrons. The van der Waals surface area contributed by atoms with E-state index in [4.69, 9.17) is 9.47 Å². The number of benzene rings is 1. The fourth-order valence-electron chi connectivity index (χ4n) is 1.12. The number of aryl methyl sites for hydroxylation is 1. The van der Waals surface area contributed by atoms with E-state index in [1.807, 2.05) is 26.0 Å². The molecule has 0 spiro atoms. The third kappa shape index (κ3) is 3.72. The second-order valence-electron chi connectivity index (χ2n) is 3.33. The summed E-state index contributed by atoms with van der Waals surface area (Å²) in [7, 11) is 0. The van der Waals surface area contributed by atoms with E-state index < -0.39 is 6.10 Å². The Morgan fingerprint density at radius 1 is 1.33 bits per heavy atom. The first-order chi connectivity index (χ1) is 7.13. The minimum atomic E-state index is -0.517. The van der Waals surface area contributed by atoms with Gasteiger partial charge < -0.3 is 9.47 Å². The topological polar surface area (TPSA) is 35.5 Å². The van der Waals surface area contributed by atoms with Crippen LogP contribution in [0.4, 0.5) is 0 Å². The van der Waals surface area contributed by atoms with E-state index in [0.717, 1.165) is 5.56 Å². The summed E-state index contributed by atoms with van der Waals surface area (Å²) in [4.78, 5) is 11.4. The average molecular weight is 208 g/mol. The highest BCUT2D eigenvalue weighted by Crippen LogP contribution is 2.12. The van der Waals surface area contributed by atoms with Crippen molar-refractivity contribution in [2.75, 3.05) is 6.61 Å². The number of carbonyl (C=O) groups excluding carboxylic acids is 1. The largest absolute Gasteiger partial charge is 0.425 e. The molecule has 3 nitrogen and oxygen atoms in total. The van der Waals surface area contributed by atoms with Crippen molar-refractivity contribution in [3.05, 3.63) is 29.8 Å². The number of hydrogen-bond donors (Lipinski definition) is 0. The first-order valence-corrected chi connectivity index (χ1v) is 5.03. The van der Waals surface area contributed by atoms with Crippen molar-refractivity contribution in [3.8, 4) is 5.75 Å². The second kappa shape index (κ2) is 5.51. The van der Waals surface area contributed by atoms with E-state index in [1.165, 1.54) is 0 Å². The van der Waals surface area contributed by atoms with E-state index >= 15 is 0 Å². The molecule has 0 heterocycles. The van der Waals surface area contributed by atoms with Crippen LogP contribution >= 0.6 is 0 Å². The molecule has 15 heavy (non-hydrogen) atoms. The van der Waals surface area contributed by atoms with Gasteiger partial charge in [0, 0.05) is 6.61 Å². The zero-order chi connectivity index (χ0) is 11.3. The predicted molar refractivity (Wildman–Crippen MR) is 57.9 cm³/mol. The van der Waals surface area contributed by atoms with Crippen LogP contribution in [-0.2, 0) is 9.53 Å². The number of ether oxygens (including phenoxy) is 2. The molecule has 0 saturated heterocycles. The Morgan fingerprint density at radius 3 is 2.47 bits per heavy atom. The minimum absolute atomic E-state index is 0.360. The number of hydrogen-bond acceptors (Lipinski definition) is 3. The monoisotopic (exact) mass is 208 g/mol.